The maximum absolute atomic E-state index is 14.1. The van der Waals surface area contributed by atoms with E-state index in [1.165, 1.54) is 49.2 Å². The molecule has 0 radical (unpaired) electrons. The van der Waals surface area contributed by atoms with Crippen molar-refractivity contribution < 1.29 is 13.5 Å². The van der Waals surface area contributed by atoms with E-state index in [9.17, 15) is 8.78 Å². The van der Waals surface area contributed by atoms with Crippen LogP contribution in [0.5, 0.6) is 0 Å². The quantitative estimate of drug-likeness (QED) is 0.508. The van der Waals surface area contributed by atoms with Crippen molar-refractivity contribution in [1.29, 1.82) is 0 Å². The lowest BCUT2D eigenvalue weighted by molar-refractivity contribution is 0.0639. The van der Waals surface area contributed by atoms with Crippen LogP contribution in [0.3, 0.4) is 0 Å². The largest absolute Gasteiger partial charge is 0.372 e. The minimum Gasteiger partial charge on any atom is -0.372 e. The molecule has 6 heteroatoms. The van der Waals surface area contributed by atoms with E-state index in [2.05, 4.69) is 10.3 Å². The molecule has 154 valence electrons. The van der Waals surface area contributed by atoms with Gasteiger partial charge in [-0.05, 0) is 69.0 Å². The standard InChI is InChI=1S/C22H30F2N2OS/c23-19-10-8-18(9-11-19)22-26-21(16-28-22)15-27-14-20(24)7-2-1-5-17-6-3-4-12-25-13-17/h8-11,16-17,20,25H,1-7,12-15H2/t17?,20-/m1/s1. The number of thiazole rings is 1. The Balaban J connectivity index is 1.29. The van der Waals surface area contributed by atoms with Gasteiger partial charge in [-0.3, -0.25) is 0 Å². The van der Waals surface area contributed by atoms with Gasteiger partial charge < -0.3 is 10.1 Å². The van der Waals surface area contributed by atoms with Gasteiger partial charge >= 0.3 is 0 Å². The van der Waals surface area contributed by atoms with Crippen LogP contribution in [0.4, 0.5) is 8.78 Å². The summed E-state index contributed by atoms with van der Waals surface area (Å²) < 4.78 is 32.6. The molecule has 0 aliphatic carbocycles. The third kappa shape index (κ3) is 7.22. The normalized spacial score (nSPS) is 18.7. The zero-order valence-corrected chi connectivity index (χ0v) is 17.2. The number of hydrogen-bond acceptors (Lipinski definition) is 4. The highest BCUT2D eigenvalue weighted by Gasteiger charge is 2.13. The van der Waals surface area contributed by atoms with Gasteiger partial charge in [0, 0.05) is 10.9 Å². The van der Waals surface area contributed by atoms with Crippen molar-refractivity contribution in [2.24, 2.45) is 5.92 Å². The fraction of sp³-hybridized carbons (Fsp3) is 0.591. The number of halogens is 2. The SMILES string of the molecule is Fc1ccc(-c2nc(COC[C@H](F)CCCCC3CCCCNC3)cs2)cc1. The first kappa shape index (κ1) is 21.3. The van der Waals surface area contributed by atoms with Crippen molar-refractivity contribution in [2.75, 3.05) is 19.7 Å². The number of alkyl halides is 1. The summed E-state index contributed by atoms with van der Waals surface area (Å²) in [5.41, 5.74) is 1.67. The van der Waals surface area contributed by atoms with Crippen molar-refractivity contribution in [3.63, 3.8) is 0 Å². The molecule has 1 aliphatic rings. The fourth-order valence-corrected chi connectivity index (χ4v) is 4.42. The van der Waals surface area contributed by atoms with E-state index < -0.39 is 6.17 Å². The molecule has 1 aromatic heterocycles. The number of unbranched alkanes of at least 4 members (excludes halogenated alkanes) is 1. The van der Waals surface area contributed by atoms with Crippen molar-refractivity contribution in [3.8, 4) is 10.6 Å². The first-order valence-corrected chi connectivity index (χ1v) is 11.2. The van der Waals surface area contributed by atoms with E-state index in [0.29, 0.717) is 13.0 Å². The molecule has 1 aliphatic heterocycles. The van der Waals surface area contributed by atoms with Gasteiger partial charge in [0.25, 0.3) is 0 Å². The van der Waals surface area contributed by atoms with Crippen molar-refractivity contribution in [1.82, 2.24) is 10.3 Å². The van der Waals surface area contributed by atoms with Gasteiger partial charge in [0.05, 0.1) is 18.9 Å². The molecule has 3 nitrogen and oxygen atoms in total. The molecule has 0 amide bonds. The van der Waals surface area contributed by atoms with E-state index in [1.54, 1.807) is 12.1 Å². The van der Waals surface area contributed by atoms with Gasteiger partial charge in [-0.2, -0.15) is 0 Å². The van der Waals surface area contributed by atoms with Crippen LogP contribution in [-0.4, -0.2) is 30.9 Å². The number of hydrogen-bond donors (Lipinski definition) is 1. The van der Waals surface area contributed by atoms with Crippen LogP contribution in [0, 0.1) is 11.7 Å². The lowest BCUT2D eigenvalue weighted by Crippen LogP contribution is -2.20. The minimum atomic E-state index is -0.914. The minimum absolute atomic E-state index is 0.119. The number of ether oxygens (including phenoxy) is 1. The van der Waals surface area contributed by atoms with Crippen LogP contribution in [0.25, 0.3) is 10.6 Å². The van der Waals surface area contributed by atoms with E-state index in [0.717, 1.165) is 48.1 Å². The number of aromatic nitrogens is 1. The molecule has 1 saturated heterocycles. The average Bonchev–Trinajstić information content (AvgIpc) is 3.01. The van der Waals surface area contributed by atoms with Gasteiger partial charge in [0.1, 0.15) is 17.0 Å². The summed E-state index contributed by atoms with van der Waals surface area (Å²) in [5, 5.41) is 6.22. The van der Waals surface area contributed by atoms with E-state index in [4.69, 9.17) is 4.74 Å². The Kier molecular flexibility index (Phi) is 8.83. The predicted molar refractivity (Wildman–Crippen MR) is 111 cm³/mol. The molecular weight excluding hydrogens is 378 g/mol. The highest BCUT2D eigenvalue weighted by atomic mass is 32.1. The van der Waals surface area contributed by atoms with Gasteiger partial charge in [-0.25, -0.2) is 13.8 Å². The molecule has 1 N–H and O–H groups in total. The van der Waals surface area contributed by atoms with Crippen molar-refractivity contribution >= 4 is 11.3 Å². The van der Waals surface area contributed by atoms with E-state index >= 15 is 0 Å². The smallest absolute Gasteiger partial charge is 0.123 e. The Hall–Kier alpha value is -1.37. The summed E-state index contributed by atoms with van der Waals surface area (Å²) in [7, 11) is 0. The summed E-state index contributed by atoms with van der Waals surface area (Å²) in [5.74, 6) is 0.500. The van der Waals surface area contributed by atoms with Gasteiger partial charge in [0.2, 0.25) is 0 Å². The molecule has 1 aromatic carbocycles. The Bertz CT molecular complexity index is 684. The molecule has 1 fully saturated rings. The summed E-state index contributed by atoms with van der Waals surface area (Å²) in [4.78, 5) is 4.48. The number of benzene rings is 1. The lowest BCUT2D eigenvalue weighted by atomic mass is 9.96. The fourth-order valence-electron chi connectivity index (χ4n) is 3.61. The highest BCUT2D eigenvalue weighted by Crippen LogP contribution is 2.24. The molecule has 0 saturated carbocycles. The first-order chi connectivity index (χ1) is 13.7. The predicted octanol–water partition coefficient (Wildman–Crippen LogP) is 5.75. The maximum atomic E-state index is 14.1. The van der Waals surface area contributed by atoms with Crippen molar-refractivity contribution in [2.45, 2.75) is 57.7 Å². The highest BCUT2D eigenvalue weighted by molar-refractivity contribution is 7.13. The van der Waals surface area contributed by atoms with Gasteiger partial charge in [-0.15, -0.1) is 11.3 Å². The number of rotatable bonds is 10. The zero-order valence-electron chi connectivity index (χ0n) is 16.3. The number of nitrogens with zero attached hydrogens (tertiary/aromatic N) is 1. The first-order valence-electron chi connectivity index (χ1n) is 10.3. The van der Waals surface area contributed by atoms with E-state index in [1.807, 2.05) is 5.38 Å². The zero-order chi connectivity index (χ0) is 19.6. The molecule has 3 rings (SSSR count). The molecular formula is C22H30F2N2OS. The van der Waals surface area contributed by atoms with E-state index in [-0.39, 0.29) is 12.4 Å². The molecule has 2 atom stereocenters. The molecule has 2 heterocycles. The van der Waals surface area contributed by atoms with Gasteiger partial charge in [0.15, 0.2) is 0 Å². The second-order valence-electron chi connectivity index (χ2n) is 7.61. The summed E-state index contributed by atoms with van der Waals surface area (Å²) in [6.45, 7) is 2.70. The van der Waals surface area contributed by atoms with Gasteiger partial charge in [-0.1, -0.05) is 19.3 Å². The second kappa shape index (κ2) is 11.6. The lowest BCUT2D eigenvalue weighted by Gasteiger charge is -2.14. The second-order valence-corrected chi connectivity index (χ2v) is 8.47. The monoisotopic (exact) mass is 408 g/mol. The number of nitrogens with one attached hydrogen (secondary N) is 1. The Morgan fingerprint density at radius 1 is 1.21 bits per heavy atom. The van der Waals surface area contributed by atoms with Crippen LogP contribution >= 0.6 is 11.3 Å². The van der Waals surface area contributed by atoms with Crippen LogP contribution in [-0.2, 0) is 11.3 Å². The third-order valence-corrected chi connectivity index (χ3v) is 6.16. The van der Waals surface area contributed by atoms with Crippen LogP contribution < -0.4 is 5.32 Å². The molecule has 2 aromatic rings. The third-order valence-electron chi connectivity index (χ3n) is 5.22. The maximum Gasteiger partial charge on any atom is 0.123 e. The van der Waals surface area contributed by atoms with Crippen LogP contribution in [0.15, 0.2) is 29.6 Å². The molecule has 0 bridgehead atoms. The summed E-state index contributed by atoms with van der Waals surface area (Å²) >= 11 is 1.49. The van der Waals surface area contributed by atoms with Crippen LogP contribution in [0.1, 0.15) is 50.6 Å². The van der Waals surface area contributed by atoms with Crippen LogP contribution in [0.2, 0.25) is 0 Å². The Morgan fingerprint density at radius 2 is 2.07 bits per heavy atom. The molecule has 0 spiro atoms. The summed E-state index contributed by atoms with van der Waals surface area (Å²) in [6, 6.07) is 6.27. The topological polar surface area (TPSA) is 34.1 Å². The Morgan fingerprint density at radius 3 is 2.93 bits per heavy atom. The molecule has 28 heavy (non-hydrogen) atoms. The average molecular weight is 409 g/mol. The molecule has 1 unspecified atom stereocenters. The van der Waals surface area contributed by atoms with Crippen molar-refractivity contribution in [3.05, 3.63) is 41.2 Å². The summed E-state index contributed by atoms with van der Waals surface area (Å²) in [6.07, 6.45) is 6.78. The Labute approximate surface area is 170 Å².